The van der Waals surface area contributed by atoms with E-state index in [0.29, 0.717) is 0 Å². The van der Waals surface area contributed by atoms with Crippen molar-refractivity contribution in [3.05, 3.63) is 35.6 Å². The summed E-state index contributed by atoms with van der Waals surface area (Å²) in [6, 6.07) is 1.28. The average Bonchev–Trinajstić information content (AvgIpc) is 3.05. The fourth-order valence-corrected chi connectivity index (χ4v) is 4.20. The van der Waals surface area contributed by atoms with Crippen LogP contribution in [0.2, 0.25) is 0 Å². The predicted molar refractivity (Wildman–Crippen MR) is 96.6 cm³/mol. The van der Waals surface area contributed by atoms with Gasteiger partial charge in [0.2, 0.25) is 11.8 Å². The SMILES string of the molecule is Cc1nc(C(C)N(C(C)(C)COc2ncccc2C(N)=O)S(=O)(=O)C(F)(F)F)no1. The quantitative estimate of drug-likeness (QED) is 0.642. The van der Waals surface area contributed by atoms with Crippen molar-refractivity contribution >= 4 is 15.9 Å². The summed E-state index contributed by atoms with van der Waals surface area (Å²) in [5, 5.41) is 3.53. The third-order valence-electron chi connectivity index (χ3n) is 4.02. The number of carbonyl (C=O) groups excluding carboxylic acids is 1. The predicted octanol–water partition coefficient (Wildman–Crippen LogP) is 1.94. The van der Waals surface area contributed by atoms with Gasteiger partial charge in [-0.15, -0.1) is 0 Å². The van der Waals surface area contributed by atoms with Crippen LogP contribution in [0, 0.1) is 6.92 Å². The first-order valence-corrected chi connectivity index (χ1v) is 9.91. The molecule has 0 aliphatic rings. The molecule has 0 radical (unpaired) electrons. The van der Waals surface area contributed by atoms with Gasteiger partial charge >= 0.3 is 15.5 Å². The van der Waals surface area contributed by atoms with Gasteiger partial charge in [0.05, 0.1) is 11.6 Å². The second-order valence-electron chi connectivity index (χ2n) is 6.92. The van der Waals surface area contributed by atoms with Crippen molar-refractivity contribution in [1.82, 2.24) is 19.4 Å². The molecule has 1 unspecified atom stereocenters. The number of nitrogens with two attached hydrogens (primary N) is 1. The highest BCUT2D eigenvalue weighted by Crippen LogP contribution is 2.38. The van der Waals surface area contributed by atoms with Crippen molar-refractivity contribution in [3.63, 3.8) is 0 Å². The lowest BCUT2D eigenvalue weighted by atomic mass is 10.1. The van der Waals surface area contributed by atoms with Crippen LogP contribution >= 0.6 is 0 Å². The minimum atomic E-state index is -5.85. The van der Waals surface area contributed by atoms with E-state index in [1.54, 1.807) is 0 Å². The van der Waals surface area contributed by atoms with Gasteiger partial charge < -0.3 is 15.0 Å². The summed E-state index contributed by atoms with van der Waals surface area (Å²) in [5.41, 5.74) is -2.26. The number of alkyl halides is 3. The molecular weight excluding hydrogens is 431 g/mol. The normalized spacial score (nSPS) is 14.0. The zero-order valence-corrected chi connectivity index (χ0v) is 17.3. The number of pyridine rings is 1. The molecule has 0 fully saturated rings. The van der Waals surface area contributed by atoms with Crippen LogP contribution in [-0.2, 0) is 10.0 Å². The summed E-state index contributed by atoms with van der Waals surface area (Å²) in [7, 11) is -5.85. The van der Waals surface area contributed by atoms with Crippen LogP contribution in [-0.4, -0.2) is 51.4 Å². The van der Waals surface area contributed by atoms with Gasteiger partial charge in [0.1, 0.15) is 12.2 Å². The van der Waals surface area contributed by atoms with Gasteiger partial charge in [0, 0.05) is 13.1 Å². The number of halogens is 3. The van der Waals surface area contributed by atoms with E-state index in [9.17, 15) is 26.4 Å². The summed E-state index contributed by atoms with van der Waals surface area (Å²) >= 11 is 0. The first-order valence-electron chi connectivity index (χ1n) is 8.47. The number of hydrogen-bond donors (Lipinski definition) is 1. The molecule has 2 rings (SSSR count). The molecular formula is C16H20F3N5O5S. The lowest BCUT2D eigenvalue weighted by Crippen LogP contribution is -2.56. The van der Waals surface area contributed by atoms with Gasteiger partial charge in [0.25, 0.3) is 5.91 Å². The first kappa shape index (κ1) is 23.5. The van der Waals surface area contributed by atoms with Gasteiger partial charge in [0.15, 0.2) is 5.82 Å². The minimum absolute atomic E-state index is 0.0508. The number of amides is 1. The number of primary amides is 1. The van der Waals surface area contributed by atoms with Gasteiger partial charge in [-0.25, -0.2) is 13.4 Å². The van der Waals surface area contributed by atoms with Crippen LogP contribution in [0.5, 0.6) is 5.88 Å². The van der Waals surface area contributed by atoms with Gasteiger partial charge in [-0.1, -0.05) is 5.16 Å². The van der Waals surface area contributed by atoms with Crippen LogP contribution in [0.3, 0.4) is 0 Å². The van der Waals surface area contributed by atoms with Crippen LogP contribution in [0.15, 0.2) is 22.9 Å². The highest BCUT2D eigenvalue weighted by molar-refractivity contribution is 7.90. The smallest absolute Gasteiger partial charge is 0.475 e. The number of aromatic nitrogens is 3. The van der Waals surface area contributed by atoms with E-state index in [1.807, 2.05) is 0 Å². The fourth-order valence-electron chi connectivity index (χ4n) is 2.76. The largest absolute Gasteiger partial charge is 0.511 e. The first-order chi connectivity index (χ1) is 13.7. The van der Waals surface area contributed by atoms with Gasteiger partial charge in [-0.2, -0.15) is 22.5 Å². The average molecular weight is 451 g/mol. The molecule has 2 N–H and O–H groups in total. The minimum Gasteiger partial charge on any atom is -0.475 e. The lowest BCUT2D eigenvalue weighted by Gasteiger charge is -2.39. The number of aryl methyl sites for hydroxylation is 1. The molecule has 2 aromatic rings. The zero-order chi connectivity index (χ0) is 22.9. The number of rotatable bonds is 8. The number of carbonyl (C=O) groups is 1. The standard InChI is InChI=1S/C16H20F3N5O5S/c1-9(13-22-10(2)29-23-13)24(30(26,27)16(17,18)19)15(3,4)8-28-14-11(12(20)25)6-5-7-21-14/h5-7,9H,8H2,1-4H3,(H2,20,25). The van der Waals surface area contributed by atoms with Gasteiger partial charge in [-0.05, 0) is 32.9 Å². The molecule has 2 heterocycles. The monoisotopic (exact) mass is 451 g/mol. The second-order valence-corrected chi connectivity index (χ2v) is 8.72. The summed E-state index contributed by atoms with van der Waals surface area (Å²) < 4.78 is 75.4. The summed E-state index contributed by atoms with van der Waals surface area (Å²) in [5.74, 6) is -1.32. The molecule has 2 aromatic heterocycles. The fraction of sp³-hybridized carbons (Fsp3) is 0.500. The molecule has 14 heteroatoms. The van der Waals surface area contributed by atoms with E-state index in [1.165, 1.54) is 46.0 Å². The Morgan fingerprint density at radius 2 is 2.00 bits per heavy atom. The Morgan fingerprint density at radius 3 is 2.50 bits per heavy atom. The topological polar surface area (TPSA) is 142 Å². The van der Waals surface area contributed by atoms with Crippen LogP contribution in [0.4, 0.5) is 13.2 Å². The Morgan fingerprint density at radius 1 is 1.37 bits per heavy atom. The Balaban J connectivity index is 2.45. The second kappa shape index (κ2) is 8.18. The number of hydrogen-bond acceptors (Lipinski definition) is 8. The molecule has 10 nitrogen and oxygen atoms in total. The third kappa shape index (κ3) is 4.70. The Hall–Kier alpha value is -2.74. The Kier molecular flexibility index (Phi) is 6.42. The molecule has 0 saturated heterocycles. The van der Waals surface area contributed by atoms with Crippen LogP contribution in [0.1, 0.15) is 48.9 Å². The van der Waals surface area contributed by atoms with E-state index >= 15 is 0 Å². The molecule has 0 aliphatic carbocycles. The van der Waals surface area contributed by atoms with Crippen molar-refractivity contribution < 1.29 is 35.6 Å². The maximum absolute atomic E-state index is 13.4. The highest BCUT2D eigenvalue weighted by atomic mass is 32.2. The van der Waals surface area contributed by atoms with Crippen molar-refractivity contribution in [3.8, 4) is 5.88 Å². The third-order valence-corrected chi connectivity index (χ3v) is 5.93. The molecule has 0 aliphatic heterocycles. The number of ether oxygens (including phenoxy) is 1. The van der Waals surface area contributed by atoms with E-state index < -0.39 is 39.6 Å². The Labute approximate surface area is 170 Å². The molecule has 1 atom stereocenters. The van der Waals surface area contributed by atoms with Crippen molar-refractivity contribution in [1.29, 1.82) is 0 Å². The number of sulfonamides is 1. The molecule has 30 heavy (non-hydrogen) atoms. The molecule has 0 saturated carbocycles. The molecule has 0 bridgehead atoms. The highest BCUT2D eigenvalue weighted by Gasteiger charge is 2.56. The molecule has 1 amide bonds. The molecule has 166 valence electrons. The maximum Gasteiger partial charge on any atom is 0.511 e. The van der Waals surface area contributed by atoms with E-state index in [0.717, 1.165) is 0 Å². The van der Waals surface area contributed by atoms with E-state index in [2.05, 4.69) is 15.1 Å². The summed E-state index contributed by atoms with van der Waals surface area (Å²) in [6.45, 7) is 4.43. The molecule has 0 aromatic carbocycles. The molecule has 0 spiro atoms. The van der Waals surface area contributed by atoms with Crippen LogP contribution < -0.4 is 10.5 Å². The zero-order valence-electron chi connectivity index (χ0n) is 16.5. The lowest BCUT2D eigenvalue weighted by molar-refractivity contribution is -0.0553. The van der Waals surface area contributed by atoms with Gasteiger partial charge in [-0.3, -0.25) is 4.79 Å². The van der Waals surface area contributed by atoms with E-state index in [4.69, 9.17) is 15.0 Å². The van der Waals surface area contributed by atoms with Crippen molar-refractivity contribution in [2.75, 3.05) is 6.61 Å². The van der Waals surface area contributed by atoms with Crippen molar-refractivity contribution in [2.24, 2.45) is 5.73 Å². The van der Waals surface area contributed by atoms with Crippen molar-refractivity contribution in [2.45, 2.75) is 44.8 Å². The number of nitrogens with zero attached hydrogens (tertiary/aromatic N) is 4. The van der Waals surface area contributed by atoms with Crippen LogP contribution in [0.25, 0.3) is 0 Å². The summed E-state index contributed by atoms with van der Waals surface area (Å²) in [4.78, 5) is 19.1. The maximum atomic E-state index is 13.4. The Bertz CT molecular complexity index is 1020. The van der Waals surface area contributed by atoms with E-state index in [-0.39, 0.29) is 27.5 Å². The summed E-state index contributed by atoms with van der Waals surface area (Å²) in [6.07, 6.45) is 1.28.